The van der Waals surface area contributed by atoms with Crippen LogP contribution in [-0.2, 0) is 14.6 Å². The molecule has 2 unspecified atom stereocenters. The van der Waals surface area contributed by atoms with Gasteiger partial charge >= 0.3 is 0 Å². The van der Waals surface area contributed by atoms with Gasteiger partial charge in [-0.05, 0) is 50.5 Å². The summed E-state index contributed by atoms with van der Waals surface area (Å²) >= 11 is 5.69. The summed E-state index contributed by atoms with van der Waals surface area (Å²) in [7, 11) is -3.44. The SMILES string of the molecule is CCC(CS(=O)(=O)c1ccc(C)c(C)c1)NC(=O)C(C)Cl. The number of benzene rings is 1. The Morgan fingerprint density at radius 2 is 1.90 bits per heavy atom. The largest absolute Gasteiger partial charge is 0.351 e. The van der Waals surface area contributed by atoms with E-state index >= 15 is 0 Å². The highest BCUT2D eigenvalue weighted by atomic mass is 35.5. The summed E-state index contributed by atoms with van der Waals surface area (Å²) in [5, 5.41) is 1.99. The van der Waals surface area contributed by atoms with E-state index in [0.29, 0.717) is 6.42 Å². The van der Waals surface area contributed by atoms with Crippen LogP contribution in [0.2, 0.25) is 0 Å². The van der Waals surface area contributed by atoms with Crippen LogP contribution in [0.3, 0.4) is 0 Å². The second kappa shape index (κ2) is 7.27. The minimum atomic E-state index is -3.44. The number of rotatable bonds is 6. The number of amides is 1. The molecule has 1 aromatic rings. The highest BCUT2D eigenvalue weighted by molar-refractivity contribution is 7.91. The molecule has 0 bridgehead atoms. The molecular weight excluding hydrogens is 310 g/mol. The molecule has 2 atom stereocenters. The third-order valence-corrected chi connectivity index (χ3v) is 5.47. The molecular formula is C15H22ClNO3S. The molecule has 0 aliphatic carbocycles. The molecule has 0 aliphatic rings. The summed E-state index contributed by atoms with van der Waals surface area (Å²) in [4.78, 5) is 11.9. The number of carbonyl (C=O) groups is 1. The van der Waals surface area contributed by atoms with Gasteiger partial charge < -0.3 is 5.32 Å². The lowest BCUT2D eigenvalue weighted by molar-refractivity contribution is -0.121. The molecule has 0 saturated carbocycles. The van der Waals surface area contributed by atoms with Crippen LogP contribution in [-0.4, -0.2) is 31.5 Å². The fraction of sp³-hybridized carbons (Fsp3) is 0.533. The lowest BCUT2D eigenvalue weighted by Crippen LogP contribution is -2.42. The van der Waals surface area contributed by atoms with Crippen molar-refractivity contribution in [3.8, 4) is 0 Å². The Morgan fingerprint density at radius 1 is 1.29 bits per heavy atom. The van der Waals surface area contributed by atoms with E-state index in [1.807, 2.05) is 20.8 Å². The van der Waals surface area contributed by atoms with Gasteiger partial charge in [0.1, 0.15) is 5.38 Å². The fourth-order valence-corrected chi connectivity index (χ4v) is 3.58. The molecule has 0 radical (unpaired) electrons. The zero-order chi connectivity index (χ0) is 16.2. The summed E-state index contributed by atoms with van der Waals surface area (Å²) in [5.74, 6) is -0.472. The van der Waals surface area contributed by atoms with Crippen molar-refractivity contribution in [1.29, 1.82) is 0 Å². The third kappa shape index (κ3) is 5.00. The Bertz CT molecular complexity index is 611. The van der Waals surface area contributed by atoms with Crippen LogP contribution >= 0.6 is 11.6 Å². The van der Waals surface area contributed by atoms with Crippen molar-refractivity contribution in [2.75, 3.05) is 5.75 Å². The monoisotopic (exact) mass is 331 g/mol. The predicted octanol–water partition coefficient (Wildman–Crippen LogP) is 2.60. The average molecular weight is 332 g/mol. The van der Waals surface area contributed by atoms with Crippen LogP contribution < -0.4 is 5.32 Å². The van der Waals surface area contributed by atoms with Crippen LogP contribution in [0.4, 0.5) is 0 Å². The summed E-state index contributed by atoms with van der Waals surface area (Å²) in [6, 6.07) is 4.63. The Labute approximate surface area is 131 Å². The minimum Gasteiger partial charge on any atom is -0.351 e. The van der Waals surface area contributed by atoms with E-state index < -0.39 is 21.3 Å². The van der Waals surface area contributed by atoms with Gasteiger partial charge in [0.25, 0.3) is 0 Å². The fourth-order valence-electron chi connectivity index (χ4n) is 1.85. The molecule has 0 fully saturated rings. The molecule has 21 heavy (non-hydrogen) atoms. The maximum Gasteiger partial charge on any atom is 0.238 e. The van der Waals surface area contributed by atoms with Gasteiger partial charge in [-0.2, -0.15) is 0 Å². The summed E-state index contributed by atoms with van der Waals surface area (Å²) in [6.07, 6.45) is 0.527. The van der Waals surface area contributed by atoms with E-state index in [0.717, 1.165) is 11.1 Å². The standard InChI is InChI=1S/C15H22ClNO3S/c1-5-13(17-15(18)12(4)16)9-21(19,20)14-7-6-10(2)11(3)8-14/h6-8,12-13H,5,9H2,1-4H3,(H,17,18). The predicted molar refractivity (Wildman–Crippen MR) is 85.5 cm³/mol. The van der Waals surface area contributed by atoms with Gasteiger partial charge in [0.05, 0.1) is 10.6 Å². The normalized spacial score (nSPS) is 14.5. The van der Waals surface area contributed by atoms with E-state index in [1.54, 1.807) is 25.1 Å². The first-order valence-corrected chi connectivity index (χ1v) is 9.00. The van der Waals surface area contributed by atoms with Crippen molar-refractivity contribution < 1.29 is 13.2 Å². The molecule has 4 nitrogen and oxygen atoms in total. The van der Waals surface area contributed by atoms with E-state index in [1.165, 1.54) is 0 Å². The van der Waals surface area contributed by atoms with Gasteiger partial charge in [-0.25, -0.2) is 8.42 Å². The lowest BCUT2D eigenvalue weighted by atomic mass is 10.1. The number of alkyl halides is 1. The Balaban J connectivity index is 2.91. The van der Waals surface area contributed by atoms with Crippen molar-refractivity contribution in [3.63, 3.8) is 0 Å². The Morgan fingerprint density at radius 3 is 2.38 bits per heavy atom. The molecule has 0 heterocycles. The molecule has 1 N–H and O–H groups in total. The van der Waals surface area contributed by atoms with E-state index in [-0.39, 0.29) is 16.6 Å². The van der Waals surface area contributed by atoms with Gasteiger partial charge in [-0.15, -0.1) is 11.6 Å². The van der Waals surface area contributed by atoms with Crippen LogP contribution in [0.25, 0.3) is 0 Å². The highest BCUT2D eigenvalue weighted by Gasteiger charge is 2.23. The van der Waals surface area contributed by atoms with Crippen LogP contribution in [0.5, 0.6) is 0 Å². The second-order valence-corrected chi connectivity index (χ2v) is 7.95. The van der Waals surface area contributed by atoms with Gasteiger partial charge in [0, 0.05) is 6.04 Å². The van der Waals surface area contributed by atoms with Gasteiger partial charge in [-0.3, -0.25) is 4.79 Å². The molecule has 0 aromatic heterocycles. The zero-order valence-corrected chi connectivity index (χ0v) is 14.4. The number of sulfone groups is 1. The van der Waals surface area contributed by atoms with Gasteiger partial charge in [-0.1, -0.05) is 13.0 Å². The summed E-state index contributed by atoms with van der Waals surface area (Å²) in [5.41, 5.74) is 1.98. The summed E-state index contributed by atoms with van der Waals surface area (Å²) in [6.45, 7) is 7.20. The zero-order valence-electron chi connectivity index (χ0n) is 12.8. The number of hydrogen-bond acceptors (Lipinski definition) is 3. The van der Waals surface area contributed by atoms with Gasteiger partial charge in [0.15, 0.2) is 9.84 Å². The first-order valence-electron chi connectivity index (χ1n) is 6.91. The van der Waals surface area contributed by atoms with Crippen LogP contribution in [0, 0.1) is 13.8 Å². The molecule has 1 rings (SSSR count). The topological polar surface area (TPSA) is 63.2 Å². The van der Waals surface area contributed by atoms with Crippen LogP contribution in [0.1, 0.15) is 31.4 Å². The number of halogens is 1. The maximum absolute atomic E-state index is 12.4. The highest BCUT2D eigenvalue weighted by Crippen LogP contribution is 2.17. The summed E-state index contributed by atoms with van der Waals surface area (Å²) < 4.78 is 24.9. The molecule has 6 heteroatoms. The molecule has 1 aromatic carbocycles. The quantitative estimate of drug-likeness (QED) is 0.815. The number of carbonyl (C=O) groups excluding carboxylic acids is 1. The molecule has 118 valence electrons. The van der Waals surface area contributed by atoms with E-state index in [4.69, 9.17) is 11.6 Å². The average Bonchev–Trinajstić information content (AvgIpc) is 2.40. The van der Waals surface area contributed by atoms with Crippen molar-refractivity contribution in [2.45, 2.75) is 50.4 Å². The van der Waals surface area contributed by atoms with Crippen LogP contribution in [0.15, 0.2) is 23.1 Å². The third-order valence-electron chi connectivity index (χ3n) is 3.46. The van der Waals surface area contributed by atoms with Crippen molar-refractivity contribution >= 4 is 27.3 Å². The minimum absolute atomic E-state index is 0.124. The maximum atomic E-state index is 12.4. The van der Waals surface area contributed by atoms with E-state index in [2.05, 4.69) is 5.32 Å². The lowest BCUT2D eigenvalue weighted by Gasteiger charge is -2.18. The number of hydrogen-bond donors (Lipinski definition) is 1. The molecule has 0 saturated heterocycles. The first-order chi connectivity index (χ1) is 9.67. The first kappa shape index (κ1) is 18.0. The smallest absolute Gasteiger partial charge is 0.238 e. The molecule has 0 aliphatic heterocycles. The molecule has 1 amide bonds. The Kier molecular flexibility index (Phi) is 6.23. The number of nitrogens with one attached hydrogen (secondary N) is 1. The second-order valence-electron chi connectivity index (χ2n) is 5.26. The van der Waals surface area contributed by atoms with Gasteiger partial charge in [0.2, 0.25) is 5.91 Å². The van der Waals surface area contributed by atoms with Crippen molar-refractivity contribution in [2.24, 2.45) is 0 Å². The van der Waals surface area contributed by atoms with E-state index in [9.17, 15) is 13.2 Å². The van der Waals surface area contributed by atoms with Crippen molar-refractivity contribution in [1.82, 2.24) is 5.32 Å². The number of aryl methyl sites for hydroxylation is 2. The molecule has 0 spiro atoms. The van der Waals surface area contributed by atoms with Crippen molar-refractivity contribution in [3.05, 3.63) is 29.3 Å². The Hall–Kier alpha value is -1.07.